The van der Waals surface area contributed by atoms with Crippen LogP contribution in [0.5, 0.6) is 5.75 Å². The lowest BCUT2D eigenvalue weighted by Gasteiger charge is -2.07. The molecule has 1 unspecified atom stereocenters. The fraction of sp³-hybridized carbons (Fsp3) is 0.308. The van der Waals surface area contributed by atoms with Gasteiger partial charge in [-0.1, -0.05) is 6.07 Å². The molecule has 1 aromatic heterocycles. The molecule has 0 fully saturated rings. The van der Waals surface area contributed by atoms with E-state index in [-0.39, 0.29) is 6.10 Å². The predicted molar refractivity (Wildman–Crippen MR) is 62.4 cm³/mol. The molecule has 83 valence electrons. The first kappa shape index (κ1) is 10.9. The van der Waals surface area contributed by atoms with Crippen LogP contribution in [0, 0.1) is 6.07 Å². The van der Waals surface area contributed by atoms with E-state index in [0.29, 0.717) is 18.8 Å². The summed E-state index contributed by atoms with van der Waals surface area (Å²) in [5.41, 5.74) is 0.897. The summed E-state index contributed by atoms with van der Waals surface area (Å²) in [5, 5.41) is 10.1. The monoisotopic (exact) mass is 216 g/mol. The molecular weight excluding hydrogens is 202 g/mol. The van der Waals surface area contributed by atoms with E-state index in [4.69, 9.17) is 9.84 Å². The van der Waals surface area contributed by atoms with Crippen molar-refractivity contribution in [1.29, 1.82) is 0 Å². The van der Waals surface area contributed by atoms with Gasteiger partial charge in [0.15, 0.2) is 0 Å². The second-order valence-electron chi connectivity index (χ2n) is 3.76. The third-order valence-corrected chi connectivity index (χ3v) is 2.30. The molecule has 1 radical (unpaired) electrons. The smallest absolute Gasteiger partial charge is 0.129 e. The molecule has 3 heteroatoms. The van der Waals surface area contributed by atoms with Gasteiger partial charge in [-0.25, -0.2) is 0 Å². The lowest BCUT2D eigenvalue weighted by atomic mass is 10.2. The summed E-state index contributed by atoms with van der Waals surface area (Å²) in [6, 6.07) is 10.6. The van der Waals surface area contributed by atoms with Crippen LogP contribution in [0.15, 0.2) is 30.5 Å². The zero-order valence-electron chi connectivity index (χ0n) is 9.18. The molecule has 0 saturated heterocycles. The molecule has 1 aromatic carbocycles. The van der Waals surface area contributed by atoms with Gasteiger partial charge in [-0.2, -0.15) is 0 Å². The van der Waals surface area contributed by atoms with Crippen LogP contribution in [-0.4, -0.2) is 22.8 Å². The van der Waals surface area contributed by atoms with Crippen LogP contribution in [0.2, 0.25) is 0 Å². The highest BCUT2D eigenvalue weighted by molar-refractivity contribution is 5.79. The molecule has 0 bridgehead atoms. The van der Waals surface area contributed by atoms with Crippen molar-refractivity contribution in [3.8, 4) is 5.75 Å². The van der Waals surface area contributed by atoms with Crippen LogP contribution in [0.4, 0.5) is 0 Å². The van der Waals surface area contributed by atoms with Crippen LogP contribution in [0.1, 0.15) is 13.3 Å². The van der Waals surface area contributed by atoms with Gasteiger partial charge in [0.2, 0.25) is 0 Å². The summed E-state index contributed by atoms with van der Waals surface area (Å²) < 4.78 is 5.47. The predicted octanol–water partition coefficient (Wildman–Crippen LogP) is 2.18. The summed E-state index contributed by atoms with van der Waals surface area (Å²) >= 11 is 0. The lowest BCUT2D eigenvalue weighted by Crippen LogP contribution is -2.07. The van der Waals surface area contributed by atoms with E-state index >= 15 is 0 Å². The molecule has 0 aliphatic rings. The molecule has 0 spiro atoms. The Bertz CT molecular complexity index is 468. The molecule has 3 nitrogen and oxygen atoms in total. The third kappa shape index (κ3) is 2.70. The third-order valence-electron chi connectivity index (χ3n) is 2.30. The Hall–Kier alpha value is -1.61. The number of rotatable bonds is 4. The number of nitrogens with zero attached hydrogens (tertiary/aromatic N) is 1. The van der Waals surface area contributed by atoms with Crippen LogP contribution >= 0.6 is 0 Å². The van der Waals surface area contributed by atoms with E-state index in [9.17, 15) is 0 Å². The second-order valence-corrected chi connectivity index (χ2v) is 3.76. The van der Waals surface area contributed by atoms with Crippen molar-refractivity contribution in [1.82, 2.24) is 4.98 Å². The Labute approximate surface area is 94.7 Å². The molecule has 0 saturated carbocycles. The maximum Gasteiger partial charge on any atom is 0.129 e. The Morgan fingerprint density at radius 3 is 3.25 bits per heavy atom. The normalized spacial score (nSPS) is 12.6. The van der Waals surface area contributed by atoms with Crippen molar-refractivity contribution in [3.63, 3.8) is 0 Å². The first-order valence-electron chi connectivity index (χ1n) is 5.33. The number of ether oxygens (including phenoxy) is 1. The standard InChI is InChI=1S/C13H14NO2/c1-10(15)6-8-16-12-5-4-11-3-2-7-14-13(11)9-12/h2-4,7,9-10,15H,6,8H2,1H3. The first-order valence-corrected chi connectivity index (χ1v) is 5.33. The molecule has 0 aliphatic heterocycles. The highest BCUT2D eigenvalue weighted by Crippen LogP contribution is 2.18. The fourth-order valence-corrected chi connectivity index (χ4v) is 1.41. The van der Waals surface area contributed by atoms with Crippen LogP contribution in [0.25, 0.3) is 10.9 Å². The molecular formula is C13H14NO2. The summed E-state index contributed by atoms with van der Waals surface area (Å²) in [4.78, 5) is 4.24. The zero-order chi connectivity index (χ0) is 11.4. The van der Waals surface area contributed by atoms with Gasteiger partial charge in [-0.15, -0.1) is 0 Å². The highest BCUT2D eigenvalue weighted by Gasteiger charge is 2.00. The molecule has 1 N–H and O–H groups in total. The van der Waals surface area contributed by atoms with Crippen molar-refractivity contribution in [2.24, 2.45) is 0 Å². The van der Waals surface area contributed by atoms with Crippen molar-refractivity contribution in [2.75, 3.05) is 6.61 Å². The van der Waals surface area contributed by atoms with Gasteiger partial charge in [0.25, 0.3) is 0 Å². The van der Waals surface area contributed by atoms with Crippen LogP contribution in [-0.2, 0) is 0 Å². The van der Waals surface area contributed by atoms with Gasteiger partial charge >= 0.3 is 0 Å². The quantitative estimate of drug-likeness (QED) is 0.851. The highest BCUT2D eigenvalue weighted by atomic mass is 16.5. The van der Waals surface area contributed by atoms with Gasteiger partial charge in [0, 0.05) is 30.1 Å². The number of benzene rings is 1. The van der Waals surface area contributed by atoms with E-state index in [1.54, 1.807) is 13.1 Å². The SMILES string of the molecule is CC(O)CCOc1[c]cc2cccnc2c1. The molecule has 1 heterocycles. The van der Waals surface area contributed by atoms with Gasteiger partial charge in [0.05, 0.1) is 18.2 Å². The van der Waals surface area contributed by atoms with E-state index in [1.807, 2.05) is 24.3 Å². The summed E-state index contributed by atoms with van der Waals surface area (Å²) in [6.45, 7) is 2.24. The molecule has 0 aliphatic carbocycles. The maximum atomic E-state index is 9.10. The minimum Gasteiger partial charge on any atom is -0.493 e. The average Bonchev–Trinajstić information content (AvgIpc) is 2.28. The number of aliphatic hydroxyl groups is 1. The van der Waals surface area contributed by atoms with Gasteiger partial charge < -0.3 is 9.84 Å². The minimum absolute atomic E-state index is 0.335. The van der Waals surface area contributed by atoms with Crippen molar-refractivity contribution < 1.29 is 9.84 Å². The molecule has 0 amide bonds. The van der Waals surface area contributed by atoms with E-state index < -0.39 is 0 Å². The number of fused-ring (bicyclic) bond motifs is 1. The minimum atomic E-state index is -0.335. The van der Waals surface area contributed by atoms with Gasteiger partial charge in [-0.3, -0.25) is 4.98 Å². The molecule has 1 atom stereocenters. The van der Waals surface area contributed by atoms with Crippen molar-refractivity contribution in [3.05, 3.63) is 36.5 Å². The Balaban J connectivity index is 2.08. The van der Waals surface area contributed by atoms with E-state index in [0.717, 1.165) is 10.9 Å². The fourth-order valence-electron chi connectivity index (χ4n) is 1.41. The Kier molecular flexibility index (Phi) is 3.37. The van der Waals surface area contributed by atoms with Gasteiger partial charge in [0.1, 0.15) is 5.75 Å². The summed E-state index contributed by atoms with van der Waals surface area (Å²) in [6.07, 6.45) is 2.04. The zero-order valence-corrected chi connectivity index (χ0v) is 9.18. The van der Waals surface area contributed by atoms with Crippen LogP contribution in [0.3, 0.4) is 0 Å². The van der Waals surface area contributed by atoms with Crippen molar-refractivity contribution in [2.45, 2.75) is 19.4 Å². The number of pyridine rings is 1. The maximum absolute atomic E-state index is 9.10. The molecule has 2 rings (SSSR count). The number of hydrogen-bond donors (Lipinski definition) is 1. The van der Waals surface area contributed by atoms with Crippen LogP contribution < -0.4 is 4.74 Å². The second kappa shape index (κ2) is 4.94. The first-order chi connectivity index (χ1) is 7.75. The number of hydrogen-bond acceptors (Lipinski definition) is 3. The summed E-state index contributed by atoms with van der Waals surface area (Å²) in [7, 11) is 0. The lowest BCUT2D eigenvalue weighted by molar-refractivity contribution is 0.155. The number of aliphatic hydroxyl groups excluding tert-OH is 1. The van der Waals surface area contributed by atoms with E-state index in [2.05, 4.69) is 11.1 Å². The average molecular weight is 216 g/mol. The van der Waals surface area contributed by atoms with E-state index in [1.165, 1.54) is 0 Å². The molecule has 16 heavy (non-hydrogen) atoms. The molecule has 2 aromatic rings. The largest absolute Gasteiger partial charge is 0.493 e. The Morgan fingerprint density at radius 1 is 1.56 bits per heavy atom. The van der Waals surface area contributed by atoms with Crippen molar-refractivity contribution >= 4 is 10.9 Å². The topological polar surface area (TPSA) is 42.4 Å². The van der Waals surface area contributed by atoms with Gasteiger partial charge in [-0.05, 0) is 19.1 Å². The summed E-state index contributed by atoms with van der Waals surface area (Å²) in [5.74, 6) is 0.673. The Morgan fingerprint density at radius 2 is 2.44 bits per heavy atom. The number of aromatic nitrogens is 1.